The Morgan fingerprint density at radius 3 is 2.27 bits per heavy atom. The predicted molar refractivity (Wildman–Crippen MR) is 124 cm³/mol. The van der Waals surface area contributed by atoms with Crippen molar-refractivity contribution in [2.24, 2.45) is 0 Å². The van der Waals surface area contributed by atoms with E-state index in [-0.39, 0.29) is 36.2 Å². The molecule has 2 atom stereocenters. The third kappa shape index (κ3) is 5.28. The number of rotatable bonds is 6. The highest BCUT2D eigenvalue weighted by Gasteiger charge is 2.39. The van der Waals surface area contributed by atoms with Gasteiger partial charge in [-0.25, -0.2) is 8.78 Å². The highest BCUT2D eigenvalue weighted by Crippen LogP contribution is 2.39. The van der Waals surface area contributed by atoms with Crippen molar-refractivity contribution in [1.29, 1.82) is 0 Å². The van der Waals surface area contributed by atoms with Crippen LogP contribution in [0.3, 0.4) is 0 Å². The van der Waals surface area contributed by atoms with Crippen molar-refractivity contribution >= 4 is 17.5 Å². The monoisotopic (exact) mass is 448 g/mol. The first-order chi connectivity index (χ1) is 15.9. The van der Waals surface area contributed by atoms with Crippen molar-refractivity contribution in [1.82, 2.24) is 4.90 Å². The number of carbonyl (C=O) groups is 2. The van der Waals surface area contributed by atoms with Gasteiger partial charge < -0.3 is 10.2 Å². The van der Waals surface area contributed by atoms with Crippen molar-refractivity contribution < 1.29 is 18.4 Å². The molecule has 1 heterocycles. The molecule has 3 aromatic rings. The molecule has 1 fully saturated rings. The second-order valence-corrected chi connectivity index (χ2v) is 8.46. The lowest BCUT2D eigenvalue weighted by molar-refractivity contribution is -0.134. The molecule has 4 nitrogen and oxygen atoms in total. The molecule has 3 aromatic carbocycles. The van der Waals surface area contributed by atoms with E-state index in [9.17, 15) is 18.4 Å². The van der Waals surface area contributed by atoms with Crippen LogP contribution in [0.5, 0.6) is 0 Å². The molecule has 0 radical (unpaired) electrons. The van der Waals surface area contributed by atoms with Crippen LogP contribution in [0.4, 0.5) is 14.5 Å². The van der Waals surface area contributed by atoms with Crippen molar-refractivity contribution in [2.45, 2.75) is 44.7 Å². The average molecular weight is 449 g/mol. The molecular formula is C27H26F2N2O2. The van der Waals surface area contributed by atoms with Crippen LogP contribution in [0.25, 0.3) is 0 Å². The highest BCUT2D eigenvalue weighted by atomic mass is 19.1. The Labute approximate surface area is 192 Å². The summed E-state index contributed by atoms with van der Waals surface area (Å²) in [6.45, 7) is 1.98. The quantitative estimate of drug-likeness (QED) is 0.535. The van der Waals surface area contributed by atoms with Crippen LogP contribution >= 0.6 is 0 Å². The number of carbonyl (C=O) groups excluding carboxylic acids is 2. The van der Waals surface area contributed by atoms with Crippen LogP contribution in [0.15, 0.2) is 72.8 Å². The number of halogens is 2. The van der Waals surface area contributed by atoms with Gasteiger partial charge in [-0.3, -0.25) is 9.59 Å². The van der Waals surface area contributed by atoms with Crippen LogP contribution in [0.2, 0.25) is 0 Å². The minimum Gasteiger partial charge on any atom is -0.332 e. The molecule has 170 valence electrons. The van der Waals surface area contributed by atoms with E-state index in [1.54, 1.807) is 35.2 Å². The third-order valence-corrected chi connectivity index (χ3v) is 6.10. The first kappa shape index (κ1) is 22.6. The van der Waals surface area contributed by atoms with Crippen molar-refractivity contribution in [3.63, 3.8) is 0 Å². The van der Waals surface area contributed by atoms with Gasteiger partial charge in [-0.05, 0) is 43.5 Å². The number of anilines is 1. The maximum Gasteiger partial charge on any atom is 0.227 e. The number of benzene rings is 3. The van der Waals surface area contributed by atoms with Crippen LogP contribution < -0.4 is 5.32 Å². The van der Waals surface area contributed by atoms with E-state index < -0.39 is 17.9 Å². The van der Waals surface area contributed by atoms with E-state index in [2.05, 4.69) is 5.32 Å². The SMILES string of the molecule is Cc1ccc(CC(=O)N2C(CC(=O)Nc3ccccc3F)CCC2c2ccccc2F)cc1. The Hall–Kier alpha value is -3.54. The molecule has 2 unspecified atom stereocenters. The predicted octanol–water partition coefficient (Wildman–Crippen LogP) is 5.58. The van der Waals surface area contributed by atoms with Crippen LogP contribution in [0, 0.1) is 18.6 Å². The maximum absolute atomic E-state index is 14.6. The van der Waals surface area contributed by atoms with E-state index in [4.69, 9.17) is 0 Å². The zero-order valence-electron chi connectivity index (χ0n) is 18.4. The maximum atomic E-state index is 14.6. The summed E-state index contributed by atoms with van der Waals surface area (Å²) in [7, 11) is 0. The van der Waals surface area contributed by atoms with E-state index in [0.29, 0.717) is 18.4 Å². The smallest absolute Gasteiger partial charge is 0.227 e. The molecular weight excluding hydrogens is 422 g/mol. The molecule has 1 saturated heterocycles. The van der Waals surface area contributed by atoms with Gasteiger partial charge in [0.2, 0.25) is 11.8 Å². The highest BCUT2D eigenvalue weighted by molar-refractivity contribution is 5.92. The molecule has 33 heavy (non-hydrogen) atoms. The molecule has 0 aliphatic carbocycles. The fourth-order valence-electron chi connectivity index (χ4n) is 4.46. The van der Waals surface area contributed by atoms with Gasteiger partial charge in [-0.1, -0.05) is 60.2 Å². The summed E-state index contributed by atoms with van der Waals surface area (Å²) in [6, 6.07) is 19.2. The Morgan fingerprint density at radius 1 is 0.909 bits per heavy atom. The van der Waals surface area contributed by atoms with Gasteiger partial charge in [0.1, 0.15) is 11.6 Å². The number of aryl methyl sites for hydroxylation is 1. The van der Waals surface area contributed by atoms with Crippen molar-refractivity contribution in [3.05, 3.63) is 101 Å². The van der Waals surface area contributed by atoms with Crippen LogP contribution in [-0.4, -0.2) is 22.8 Å². The summed E-state index contributed by atoms with van der Waals surface area (Å²) in [4.78, 5) is 27.8. The number of nitrogens with zero attached hydrogens (tertiary/aromatic N) is 1. The molecule has 1 N–H and O–H groups in total. The molecule has 0 aromatic heterocycles. The lowest BCUT2D eigenvalue weighted by Gasteiger charge is -2.31. The number of para-hydroxylation sites is 1. The lowest BCUT2D eigenvalue weighted by Crippen LogP contribution is -2.40. The topological polar surface area (TPSA) is 49.4 Å². The van der Waals surface area contributed by atoms with E-state index in [1.165, 1.54) is 18.2 Å². The van der Waals surface area contributed by atoms with Crippen LogP contribution in [-0.2, 0) is 16.0 Å². The third-order valence-electron chi connectivity index (χ3n) is 6.10. The largest absolute Gasteiger partial charge is 0.332 e. The fraction of sp³-hybridized carbons (Fsp3) is 0.259. The zero-order chi connectivity index (χ0) is 23.4. The van der Waals surface area contributed by atoms with Crippen molar-refractivity contribution in [2.75, 3.05) is 5.32 Å². The Bertz CT molecular complexity index is 1150. The first-order valence-electron chi connectivity index (χ1n) is 11.1. The molecule has 4 rings (SSSR count). The molecule has 1 aliphatic heterocycles. The summed E-state index contributed by atoms with van der Waals surface area (Å²) >= 11 is 0. The van der Waals surface area contributed by atoms with E-state index in [0.717, 1.165) is 11.1 Å². The van der Waals surface area contributed by atoms with Gasteiger partial charge >= 0.3 is 0 Å². The zero-order valence-corrected chi connectivity index (χ0v) is 18.4. The summed E-state index contributed by atoms with van der Waals surface area (Å²) in [6.07, 6.45) is 1.29. The number of likely N-dealkylation sites (tertiary alicyclic amines) is 1. The van der Waals surface area contributed by atoms with E-state index in [1.807, 2.05) is 31.2 Å². The lowest BCUT2D eigenvalue weighted by atomic mass is 10.0. The molecule has 0 spiro atoms. The van der Waals surface area contributed by atoms with Crippen LogP contribution in [0.1, 0.15) is 42.0 Å². The molecule has 2 amide bonds. The Morgan fingerprint density at radius 2 is 1.58 bits per heavy atom. The molecule has 6 heteroatoms. The first-order valence-corrected chi connectivity index (χ1v) is 11.1. The van der Waals surface area contributed by atoms with Gasteiger partial charge in [-0.15, -0.1) is 0 Å². The minimum atomic E-state index is -0.520. The minimum absolute atomic E-state index is 0.0128. The number of hydrogen-bond donors (Lipinski definition) is 1. The summed E-state index contributed by atoms with van der Waals surface area (Å²) in [5.74, 6) is -1.43. The summed E-state index contributed by atoms with van der Waals surface area (Å²) in [5.41, 5.74) is 2.51. The second kappa shape index (κ2) is 9.94. The number of nitrogens with one attached hydrogen (secondary N) is 1. The fourth-order valence-corrected chi connectivity index (χ4v) is 4.46. The van der Waals surface area contributed by atoms with Gasteiger partial charge in [0.15, 0.2) is 0 Å². The summed E-state index contributed by atoms with van der Waals surface area (Å²) in [5, 5.41) is 2.59. The van der Waals surface area contributed by atoms with Gasteiger partial charge in [0.25, 0.3) is 0 Å². The van der Waals surface area contributed by atoms with E-state index >= 15 is 0 Å². The Kier molecular flexibility index (Phi) is 6.82. The second-order valence-electron chi connectivity index (χ2n) is 8.46. The van der Waals surface area contributed by atoms with Gasteiger partial charge in [0, 0.05) is 18.0 Å². The number of hydrogen-bond acceptors (Lipinski definition) is 2. The Balaban J connectivity index is 1.56. The molecule has 1 aliphatic rings. The molecule has 0 saturated carbocycles. The normalized spacial score (nSPS) is 17.7. The average Bonchev–Trinajstić information content (AvgIpc) is 3.20. The van der Waals surface area contributed by atoms with Gasteiger partial charge in [0.05, 0.1) is 18.2 Å². The van der Waals surface area contributed by atoms with Gasteiger partial charge in [-0.2, -0.15) is 0 Å². The van der Waals surface area contributed by atoms with Crippen molar-refractivity contribution in [3.8, 4) is 0 Å². The number of amides is 2. The summed E-state index contributed by atoms with van der Waals surface area (Å²) < 4.78 is 28.6. The molecule has 0 bridgehead atoms. The standard InChI is InChI=1S/C27H26F2N2O2/c1-18-10-12-19(13-11-18)16-27(33)31-20(14-15-25(31)21-6-2-3-7-22(21)28)17-26(32)30-24-9-5-4-8-23(24)29/h2-13,20,25H,14-17H2,1H3,(H,30,32).